The number of amides is 1. The van der Waals surface area contributed by atoms with Gasteiger partial charge in [0.25, 0.3) is 5.91 Å². The first-order chi connectivity index (χ1) is 12.0. The van der Waals surface area contributed by atoms with E-state index in [0.29, 0.717) is 12.1 Å². The summed E-state index contributed by atoms with van der Waals surface area (Å²) < 4.78 is 0. The fraction of sp³-hybridized carbons (Fsp3) is 0.600. The number of carbonyl (C=O) groups excluding carboxylic acids is 1. The third-order valence-corrected chi connectivity index (χ3v) is 4.13. The molecular formula is C20H35IN4O. The molecule has 5 nitrogen and oxygen atoms in total. The molecule has 0 bridgehead atoms. The Balaban J connectivity index is 0.00000625. The highest BCUT2D eigenvalue weighted by molar-refractivity contribution is 14.0. The Kier molecular flexibility index (Phi) is 13.1. The molecule has 148 valence electrons. The van der Waals surface area contributed by atoms with E-state index in [0.717, 1.165) is 43.9 Å². The van der Waals surface area contributed by atoms with Gasteiger partial charge in [0.1, 0.15) is 0 Å². The molecule has 0 aliphatic heterocycles. The molecule has 1 atom stereocenters. The molecule has 0 spiro atoms. The van der Waals surface area contributed by atoms with Crippen molar-refractivity contribution in [1.29, 1.82) is 0 Å². The van der Waals surface area contributed by atoms with Crippen LogP contribution in [0.4, 0.5) is 0 Å². The first-order valence-corrected chi connectivity index (χ1v) is 9.41. The number of nitrogens with zero attached hydrogens (tertiary/aromatic N) is 2. The molecular weight excluding hydrogens is 439 g/mol. The molecule has 0 heterocycles. The number of rotatable bonds is 9. The maximum absolute atomic E-state index is 12.3. The van der Waals surface area contributed by atoms with Gasteiger partial charge >= 0.3 is 0 Å². The van der Waals surface area contributed by atoms with Crippen LogP contribution in [0, 0.1) is 0 Å². The van der Waals surface area contributed by atoms with Crippen molar-refractivity contribution >= 4 is 35.8 Å². The highest BCUT2D eigenvalue weighted by atomic mass is 127. The van der Waals surface area contributed by atoms with E-state index in [-0.39, 0.29) is 35.9 Å². The van der Waals surface area contributed by atoms with Gasteiger partial charge in [0.15, 0.2) is 5.96 Å². The molecule has 26 heavy (non-hydrogen) atoms. The standard InChI is InChI=1S/C20H34N4O.HI/c1-6-9-13-24(5)20(21-8-3)22-15-17-11-10-12-18(14-17)19(25)23-16(4)7-2;/h10-12,14,16H,6-9,13,15H2,1-5H3,(H,21,22)(H,23,25);1H. The Morgan fingerprint density at radius 1 is 1.27 bits per heavy atom. The third-order valence-electron chi connectivity index (χ3n) is 4.13. The lowest BCUT2D eigenvalue weighted by molar-refractivity contribution is 0.0939. The fourth-order valence-electron chi connectivity index (χ4n) is 2.36. The number of hydrogen-bond acceptors (Lipinski definition) is 2. The van der Waals surface area contributed by atoms with Gasteiger partial charge in [-0.3, -0.25) is 4.79 Å². The Bertz CT molecular complexity index is 562. The Labute approximate surface area is 176 Å². The van der Waals surface area contributed by atoms with Crippen LogP contribution in [0.5, 0.6) is 0 Å². The van der Waals surface area contributed by atoms with E-state index < -0.39 is 0 Å². The molecule has 1 aromatic rings. The molecule has 0 aliphatic rings. The summed E-state index contributed by atoms with van der Waals surface area (Å²) in [6.45, 7) is 10.7. The van der Waals surface area contributed by atoms with Gasteiger partial charge < -0.3 is 15.5 Å². The number of guanidine groups is 1. The summed E-state index contributed by atoms with van der Waals surface area (Å²) in [4.78, 5) is 19.1. The molecule has 0 aromatic heterocycles. The van der Waals surface area contributed by atoms with E-state index in [1.54, 1.807) is 0 Å². The van der Waals surface area contributed by atoms with Gasteiger partial charge in [-0.25, -0.2) is 4.99 Å². The van der Waals surface area contributed by atoms with E-state index >= 15 is 0 Å². The maximum Gasteiger partial charge on any atom is 0.251 e. The largest absolute Gasteiger partial charge is 0.357 e. The van der Waals surface area contributed by atoms with Crippen LogP contribution < -0.4 is 10.6 Å². The van der Waals surface area contributed by atoms with E-state index in [2.05, 4.69) is 43.4 Å². The summed E-state index contributed by atoms with van der Waals surface area (Å²) in [5, 5.41) is 6.33. The monoisotopic (exact) mass is 474 g/mol. The molecule has 1 unspecified atom stereocenters. The second-order valence-corrected chi connectivity index (χ2v) is 6.43. The lowest BCUT2D eigenvalue weighted by Gasteiger charge is -2.21. The van der Waals surface area contributed by atoms with Crippen molar-refractivity contribution in [3.8, 4) is 0 Å². The molecule has 0 fully saturated rings. The zero-order valence-corrected chi connectivity index (χ0v) is 19.2. The van der Waals surface area contributed by atoms with Crippen molar-refractivity contribution in [2.75, 3.05) is 20.1 Å². The van der Waals surface area contributed by atoms with Gasteiger partial charge in [-0.2, -0.15) is 0 Å². The van der Waals surface area contributed by atoms with Crippen molar-refractivity contribution in [3.05, 3.63) is 35.4 Å². The third kappa shape index (κ3) is 8.87. The second-order valence-electron chi connectivity index (χ2n) is 6.43. The maximum atomic E-state index is 12.3. The van der Waals surface area contributed by atoms with Crippen LogP contribution in [0.15, 0.2) is 29.3 Å². The van der Waals surface area contributed by atoms with Crippen LogP contribution >= 0.6 is 24.0 Å². The van der Waals surface area contributed by atoms with Crippen LogP contribution in [0.2, 0.25) is 0 Å². The SMILES string of the molecule is CCCCN(C)C(=NCc1cccc(C(=O)NC(C)CC)c1)NCC.I. The fourth-order valence-corrected chi connectivity index (χ4v) is 2.36. The molecule has 6 heteroatoms. The Hall–Kier alpha value is -1.31. The molecule has 0 saturated carbocycles. The summed E-state index contributed by atoms with van der Waals surface area (Å²) >= 11 is 0. The van der Waals surface area contributed by atoms with Crippen LogP contribution in [-0.2, 0) is 6.54 Å². The number of benzene rings is 1. The predicted molar refractivity (Wildman–Crippen MR) is 121 cm³/mol. The minimum Gasteiger partial charge on any atom is -0.357 e. The molecule has 0 aliphatic carbocycles. The zero-order valence-electron chi connectivity index (χ0n) is 16.8. The lowest BCUT2D eigenvalue weighted by atomic mass is 10.1. The highest BCUT2D eigenvalue weighted by Gasteiger charge is 2.09. The van der Waals surface area contributed by atoms with E-state index in [4.69, 9.17) is 4.99 Å². The predicted octanol–water partition coefficient (Wildman–Crippen LogP) is 4.03. The van der Waals surface area contributed by atoms with Gasteiger partial charge in [-0.05, 0) is 44.4 Å². The van der Waals surface area contributed by atoms with E-state index in [1.807, 2.05) is 31.2 Å². The summed E-state index contributed by atoms with van der Waals surface area (Å²) in [5.41, 5.74) is 1.73. The minimum atomic E-state index is -0.0212. The van der Waals surface area contributed by atoms with E-state index in [9.17, 15) is 4.79 Å². The second kappa shape index (κ2) is 13.8. The van der Waals surface area contributed by atoms with Crippen molar-refractivity contribution in [2.45, 2.75) is 59.5 Å². The number of aliphatic imine (C=N–C) groups is 1. The van der Waals surface area contributed by atoms with Gasteiger partial charge in [-0.15, -0.1) is 24.0 Å². The normalized spacial score (nSPS) is 12.1. The number of unbranched alkanes of at least 4 members (excludes halogenated alkanes) is 1. The number of halogens is 1. The Morgan fingerprint density at radius 2 is 2.00 bits per heavy atom. The molecule has 0 radical (unpaired) electrons. The highest BCUT2D eigenvalue weighted by Crippen LogP contribution is 2.08. The Morgan fingerprint density at radius 3 is 2.62 bits per heavy atom. The minimum absolute atomic E-state index is 0. The van der Waals surface area contributed by atoms with Crippen molar-refractivity contribution in [3.63, 3.8) is 0 Å². The smallest absolute Gasteiger partial charge is 0.251 e. The van der Waals surface area contributed by atoms with Crippen LogP contribution in [0.25, 0.3) is 0 Å². The van der Waals surface area contributed by atoms with Crippen LogP contribution in [0.3, 0.4) is 0 Å². The van der Waals surface area contributed by atoms with Gasteiger partial charge in [0.05, 0.1) is 6.54 Å². The average molecular weight is 474 g/mol. The van der Waals surface area contributed by atoms with Gasteiger partial charge in [0, 0.05) is 31.7 Å². The number of carbonyl (C=O) groups is 1. The summed E-state index contributed by atoms with van der Waals surface area (Å²) in [6, 6.07) is 7.89. The average Bonchev–Trinajstić information content (AvgIpc) is 2.63. The lowest BCUT2D eigenvalue weighted by Crippen LogP contribution is -2.39. The van der Waals surface area contributed by atoms with Gasteiger partial charge in [-0.1, -0.05) is 32.4 Å². The van der Waals surface area contributed by atoms with Gasteiger partial charge in [0.2, 0.25) is 0 Å². The summed E-state index contributed by atoms with van der Waals surface area (Å²) in [5.74, 6) is 0.887. The summed E-state index contributed by atoms with van der Waals surface area (Å²) in [6.07, 6.45) is 3.23. The quantitative estimate of drug-likeness (QED) is 0.323. The van der Waals surface area contributed by atoms with Crippen molar-refractivity contribution in [1.82, 2.24) is 15.5 Å². The zero-order chi connectivity index (χ0) is 18.7. The molecule has 1 aromatic carbocycles. The number of hydrogen-bond donors (Lipinski definition) is 2. The first kappa shape index (κ1) is 24.7. The molecule has 1 rings (SSSR count). The molecule has 2 N–H and O–H groups in total. The van der Waals surface area contributed by atoms with Crippen molar-refractivity contribution in [2.24, 2.45) is 4.99 Å². The molecule has 0 saturated heterocycles. The molecule has 1 amide bonds. The first-order valence-electron chi connectivity index (χ1n) is 9.41. The van der Waals surface area contributed by atoms with E-state index in [1.165, 1.54) is 0 Å². The summed E-state index contributed by atoms with van der Waals surface area (Å²) in [7, 11) is 2.06. The van der Waals surface area contributed by atoms with Crippen LogP contribution in [-0.4, -0.2) is 42.9 Å². The van der Waals surface area contributed by atoms with Crippen molar-refractivity contribution < 1.29 is 4.79 Å². The topological polar surface area (TPSA) is 56.7 Å². The van der Waals surface area contributed by atoms with Crippen LogP contribution in [0.1, 0.15) is 62.9 Å². The number of nitrogens with one attached hydrogen (secondary N) is 2.